The quantitative estimate of drug-likeness (QED) is 0.550. The van der Waals surface area contributed by atoms with Crippen LogP contribution in [0.1, 0.15) is 0 Å². The minimum Gasteiger partial charge on any atom is -0.398 e. The smallest absolute Gasteiger partial charge is 0.218 e. The second-order valence-electron chi connectivity index (χ2n) is 3.05. The predicted octanol–water partition coefficient (Wildman–Crippen LogP) is 1.51. The van der Waals surface area contributed by atoms with E-state index in [4.69, 9.17) is 10.6 Å². The predicted molar refractivity (Wildman–Crippen MR) is 59.2 cm³/mol. The molecule has 4 heteroatoms. The lowest BCUT2D eigenvalue weighted by Gasteiger charge is -2.05. The van der Waals surface area contributed by atoms with Crippen LogP contribution in [0.4, 0.5) is 5.69 Å². The molecule has 0 heterocycles. The molecule has 14 heavy (non-hydrogen) atoms. The van der Waals surface area contributed by atoms with Gasteiger partial charge < -0.3 is 10.6 Å². The number of anilines is 1. The van der Waals surface area contributed by atoms with Crippen molar-refractivity contribution in [3.63, 3.8) is 0 Å². The van der Waals surface area contributed by atoms with Gasteiger partial charge in [-0.25, -0.2) is 0 Å². The zero-order valence-corrected chi connectivity index (χ0v) is 8.40. The Labute approximate surface area is 82.0 Å². The summed E-state index contributed by atoms with van der Waals surface area (Å²) in [6.45, 7) is 0. The van der Waals surface area contributed by atoms with Gasteiger partial charge in [0.25, 0.3) is 0 Å². The van der Waals surface area contributed by atoms with Gasteiger partial charge in [0.15, 0.2) is 0 Å². The van der Waals surface area contributed by atoms with Crippen LogP contribution in [0.25, 0.3) is 10.8 Å². The third-order valence-electron chi connectivity index (χ3n) is 2.19. The van der Waals surface area contributed by atoms with Gasteiger partial charge in [-0.1, -0.05) is 24.3 Å². The first-order valence-corrected chi connectivity index (χ1v) is 5.56. The fourth-order valence-electron chi connectivity index (χ4n) is 1.51. The van der Waals surface area contributed by atoms with Gasteiger partial charge >= 0.3 is 0 Å². The maximum absolute atomic E-state index is 11.1. The summed E-state index contributed by atoms with van der Waals surface area (Å²) < 4.78 is 11.1. The lowest BCUT2D eigenvalue weighted by atomic mass is 10.1. The van der Waals surface area contributed by atoms with Crippen LogP contribution in [0.2, 0.25) is 0 Å². The lowest BCUT2D eigenvalue weighted by Crippen LogP contribution is -2.00. The van der Waals surface area contributed by atoms with Crippen LogP contribution in [-0.2, 0) is 4.57 Å². The highest BCUT2D eigenvalue weighted by atomic mass is 31.1. The van der Waals surface area contributed by atoms with Gasteiger partial charge in [0, 0.05) is 16.4 Å². The van der Waals surface area contributed by atoms with Gasteiger partial charge in [-0.3, -0.25) is 4.57 Å². The Bertz CT molecular complexity index is 510. The first-order valence-electron chi connectivity index (χ1n) is 4.20. The molecule has 0 fully saturated rings. The molecule has 2 aromatic rings. The summed E-state index contributed by atoms with van der Waals surface area (Å²) in [5.41, 5.74) is 6.38. The number of benzene rings is 2. The first-order chi connectivity index (χ1) is 6.70. The van der Waals surface area contributed by atoms with E-state index in [9.17, 15) is 4.57 Å². The van der Waals surface area contributed by atoms with Crippen molar-refractivity contribution < 1.29 is 9.46 Å². The highest BCUT2D eigenvalue weighted by Crippen LogP contribution is 2.25. The van der Waals surface area contributed by atoms with Crippen LogP contribution >= 0.6 is 8.03 Å². The summed E-state index contributed by atoms with van der Waals surface area (Å²) in [6, 6.07) is 10.6. The highest BCUT2D eigenvalue weighted by molar-refractivity contribution is 7.48. The van der Waals surface area contributed by atoms with Crippen LogP contribution in [0, 0.1) is 0 Å². The normalized spacial score (nSPS) is 12.9. The summed E-state index contributed by atoms with van der Waals surface area (Å²) >= 11 is 0. The Morgan fingerprint density at radius 2 is 1.71 bits per heavy atom. The summed E-state index contributed by atoms with van der Waals surface area (Å²) in [4.78, 5) is 9.12. The monoisotopic (exact) mass is 207 g/mol. The molecule has 2 aromatic carbocycles. The number of hydrogen-bond acceptors (Lipinski definition) is 2. The van der Waals surface area contributed by atoms with E-state index in [0.29, 0.717) is 11.0 Å². The zero-order chi connectivity index (χ0) is 10.1. The van der Waals surface area contributed by atoms with E-state index >= 15 is 0 Å². The summed E-state index contributed by atoms with van der Waals surface area (Å²) in [7, 11) is -2.66. The molecule has 3 nitrogen and oxygen atoms in total. The van der Waals surface area contributed by atoms with Crippen molar-refractivity contribution in [2.24, 2.45) is 0 Å². The fourth-order valence-corrected chi connectivity index (χ4v) is 2.18. The molecular formula is C10H10NO2P. The third kappa shape index (κ3) is 1.41. The molecule has 0 bridgehead atoms. The van der Waals surface area contributed by atoms with Gasteiger partial charge in [-0.15, -0.1) is 0 Å². The number of nitrogens with two attached hydrogens (primary N) is 1. The van der Waals surface area contributed by atoms with Crippen molar-refractivity contribution >= 4 is 29.8 Å². The Balaban J connectivity index is 2.88. The fraction of sp³-hybridized carbons (Fsp3) is 0. The molecule has 0 saturated carbocycles. The average molecular weight is 207 g/mol. The maximum atomic E-state index is 11.1. The molecule has 0 aromatic heterocycles. The molecule has 0 aliphatic rings. The number of nitrogen functional groups attached to an aromatic ring is 1. The van der Waals surface area contributed by atoms with Crippen molar-refractivity contribution in [1.82, 2.24) is 0 Å². The second kappa shape index (κ2) is 3.45. The number of hydrogen-bond donors (Lipinski definition) is 2. The van der Waals surface area contributed by atoms with Gasteiger partial charge in [0.1, 0.15) is 0 Å². The summed E-state index contributed by atoms with van der Waals surface area (Å²) in [5.74, 6) is 0. The minimum atomic E-state index is -2.66. The van der Waals surface area contributed by atoms with E-state index in [1.807, 2.05) is 18.2 Å². The Hall–Kier alpha value is -1.31. The van der Waals surface area contributed by atoms with E-state index in [1.54, 1.807) is 18.2 Å². The standard InChI is InChI=1S/C10H10NO2P/c11-9-5-6-10(14(12)13)8-4-2-1-3-7(8)9/h1-6,14H,11H2,(H,12,13). The molecular weight excluding hydrogens is 197 g/mol. The summed E-state index contributed by atoms with van der Waals surface area (Å²) in [6.07, 6.45) is 0. The van der Waals surface area contributed by atoms with Gasteiger partial charge in [-0.05, 0) is 17.5 Å². The third-order valence-corrected chi connectivity index (χ3v) is 3.09. The topological polar surface area (TPSA) is 63.3 Å². The largest absolute Gasteiger partial charge is 0.398 e. The lowest BCUT2D eigenvalue weighted by molar-refractivity contribution is 0.513. The zero-order valence-electron chi connectivity index (χ0n) is 7.40. The van der Waals surface area contributed by atoms with Gasteiger partial charge in [0.05, 0.1) is 0 Å². The average Bonchev–Trinajstić information content (AvgIpc) is 2.18. The van der Waals surface area contributed by atoms with E-state index in [2.05, 4.69) is 0 Å². The Kier molecular flexibility index (Phi) is 2.28. The molecule has 0 spiro atoms. The minimum absolute atomic E-state index is 0.472. The molecule has 0 aliphatic heterocycles. The van der Waals surface area contributed by atoms with Crippen LogP contribution in [-0.4, -0.2) is 4.89 Å². The van der Waals surface area contributed by atoms with Crippen LogP contribution in [0.5, 0.6) is 0 Å². The van der Waals surface area contributed by atoms with Crippen LogP contribution in [0.15, 0.2) is 36.4 Å². The molecule has 1 atom stereocenters. The summed E-state index contributed by atoms with van der Waals surface area (Å²) in [5, 5.41) is 2.07. The van der Waals surface area contributed by atoms with Crippen molar-refractivity contribution in [2.45, 2.75) is 0 Å². The molecule has 2 rings (SSSR count). The van der Waals surface area contributed by atoms with Crippen molar-refractivity contribution in [3.8, 4) is 0 Å². The number of rotatable bonds is 1. The van der Waals surface area contributed by atoms with Crippen molar-refractivity contribution in [3.05, 3.63) is 36.4 Å². The molecule has 0 amide bonds. The van der Waals surface area contributed by atoms with E-state index < -0.39 is 8.03 Å². The Morgan fingerprint density at radius 3 is 2.36 bits per heavy atom. The molecule has 0 aliphatic carbocycles. The second-order valence-corrected chi connectivity index (χ2v) is 4.20. The molecule has 3 N–H and O–H groups in total. The first kappa shape index (κ1) is 9.25. The van der Waals surface area contributed by atoms with E-state index in [-0.39, 0.29) is 0 Å². The SMILES string of the molecule is Nc1ccc([PH](=O)O)c2ccccc12. The molecule has 72 valence electrons. The van der Waals surface area contributed by atoms with Crippen molar-refractivity contribution in [2.75, 3.05) is 5.73 Å². The van der Waals surface area contributed by atoms with E-state index in [0.717, 1.165) is 10.8 Å². The molecule has 0 radical (unpaired) electrons. The van der Waals surface area contributed by atoms with Crippen LogP contribution < -0.4 is 11.0 Å². The molecule has 1 unspecified atom stereocenters. The molecule has 0 saturated heterocycles. The van der Waals surface area contributed by atoms with Crippen molar-refractivity contribution in [1.29, 1.82) is 0 Å². The maximum Gasteiger partial charge on any atom is 0.218 e. The van der Waals surface area contributed by atoms with Gasteiger partial charge in [0.2, 0.25) is 8.03 Å². The van der Waals surface area contributed by atoms with E-state index in [1.165, 1.54) is 0 Å². The number of fused-ring (bicyclic) bond motifs is 1. The van der Waals surface area contributed by atoms with Gasteiger partial charge in [-0.2, -0.15) is 0 Å². The highest BCUT2D eigenvalue weighted by Gasteiger charge is 2.06. The Morgan fingerprint density at radius 1 is 1.07 bits per heavy atom. The van der Waals surface area contributed by atoms with Crippen LogP contribution in [0.3, 0.4) is 0 Å².